The molecule has 0 spiro atoms. The molecule has 2 rings (SSSR count). The first kappa shape index (κ1) is 14.7. The number of halogens is 1. The van der Waals surface area contributed by atoms with E-state index in [1.54, 1.807) is 0 Å². The van der Waals surface area contributed by atoms with Gasteiger partial charge in [0.05, 0.1) is 18.8 Å². The highest BCUT2D eigenvalue weighted by molar-refractivity contribution is 9.08. The summed E-state index contributed by atoms with van der Waals surface area (Å²) >= 11 is 3.49. The SMILES string of the molecule is CCOc1cccc(CBr)c1OCC1CCC(C)O1. The zero-order valence-corrected chi connectivity index (χ0v) is 13.1. The van der Waals surface area contributed by atoms with Crippen molar-refractivity contribution in [1.82, 2.24) is 0 Å². The number of rotatable bonds is 6. The van der Waals surface area contributed by atoms with E-state index in [1.165, 1.54) is 0 Å². The Morgan fingerprint density at radius 2 is 2.16 bits per heavy atom. The molecule has 0 bridgehead atoms. The van der Waals surface area contributed by atoms with Crippen LogP contribution in [0.3, 0.4) is 0 Å². The third kappa shape index (κ3) is 3.86. The summed E-state index contributed by atoms with van der Waals surface area (Å²) in [5.41, 5.74) is 1.11. The molecule has 3 nitrogen and oxygen atoms in total. The van der Waals surface area contributed by atoms with Crippen LogP contribution in [0.2, 0.25) is 0 Å². The molecule has 1 saturated heterocycles. The average Bonchev–Trinajstić information content (AvgIpc) is 2.83. The van der Waals surface area contributed by atoms with Crippen molar-refractivity contribution >= 4 is 15.9 Å². The van der Waals surface area contributed by atoms with Gasteiger partial charge in [0, 0.05) is 10.9 Å². The molecule has 2 unspecified atom stereocenters. The summed E-state index contributed by atoms with van der Waals surface area (Å²) in [7, 11) is 0. The summed E-state index contributed by atoms with van der Waals surface area (Å²) in [5, 5.41) is 0.755. The summed E-state index contributed by atoms with van der Waals surface area (Å²) < 4.78 is 17.4. The van der Waals surface area contributed by atoms with Crippen LogP contribution in [0.4, 0.5) is 0 Å². The van der Waals surface area contributed by atoms with Gasteiger partial charge < -0.3 is 14.2 Å². The highest BCUT2D eigenvalue weighted by atomic mass is 79.9. The molecule has 1 aliphatic heterocycles. The maximum atomic E-state index is 5.96. The maximum absolute atomic E-state index is 5.96. The molecular formula is C15H21BrO3. The summed E-state index contributed by atoms with van der Waals surface area (Å²) in [6.07, 6.45) is 2.74. The molecule has 0 aromatic heterocycles. The first-order chi connectivity index (χ1) is 9.24. The van der Waals surface area contributed by atoms with Crippen molar-refractivity contribution in [3.05, 3.63) is 23.8 Å². The van der Waals surface area contributed by atoms with E-state index in [0.29, 0.717) is 19.3 Å². The molecule has 0 saturated carbocycles. The Kier molecular flexibility index (Phi) is 5.52. The zero-order chi connectivity index (χ0) is 13.7. The van der Waals surface area contributed by atoms with Gasteiger partial charge in [0.25, 0.3) is 0 Å². The van der Waals surface area contributed by atoms with E-state index in [9.17, 15) is 0 Å². The van der Waals surface area contributed by atoms with E-state index in [-0.39, 0.29) is 6.10 Å². The molecule has 0 amide bonds. The lowest BCUT2D eigenvalue weighted by atomic mass is 10.2. The Hall–Kier alpha value is -0.740. The van der Waals surface area contributed by atoms with Crippen LogP contribution in [0.15, 0.2) is 18.2 Å². The van der Waals surface area contributed by atoms with Gasteiger partial charge in [-0.25, -0.2) is 0 Å². The molecule has 1 aromatic carbocycles. The van der Waals surface area contributed by atoms with Crippen LogP contribution in [0.1, 0.15) is 32.3 Å². The lowest BCUT2D eigenvalue weighted by Crippen LogP contribution is -2.18. The molecule has 1 aromatic rings. The van der Waals surface area contributed by atoms with E-state index in [4.69, 9.17) is 14.2 Å². The van der Waals surface area contributed by atoms with Crippen molar-refractivity contribution in [2.24, 2.45) is 0 Å². The maximum Gasteiger partial charge on any atom is 0.165 e. The number of hydrogen-bond acceptors (Lipinski definition) is 3. The lowest BCUT2D eigenvalue weighted by Gasteiger charge is -2.17. The van der Waals surface area contributed by atoms with Gasteiger partial charge in [0.15, 0.2) is 11.5 Å². The van der Waals surface area contributed by atoms with Gasteiger partial charge in [-0.05, 0) is 32.8 Å². The number of hydrogen-bond donors (Lipinski definition) is 0. The molecule has 0 aliphatic carbocycles. The summed E-state index contributed by atoms with van der Waals surface area (Å²) in [5.74, 6) is 1.65. The predicted molar refractivity (Wildman–Crippen MR) is 79.3 cm³/mol. The molecule has 2 atom stereocenters. The largest absolute Gasteiger partial charge is 0.490 e. The highest BCUT2D eigenvalue weighted by Crippen LogP contribution is 2.33. The molecule has 0 radical (unpaired) electrons. The van der Waals surface area contributed by atoms with Gasteiger partial charge in [0.1, 0.15) is 6.61 Å². The van der Waals surface area contributed by atoms with Crippen LogP contribution in [-0.2, 0) is 10.1 Å². The average molecular weight is 329 g/mol. The fourth-order valence-electron chi connectivity index (χ4n) is 2.28. The standard InChI is InChI=1S/C15H21BrO3/c1-3-17-14-6-4-5-12(9-16)15(14)18-10-13-8-7-11(2)19-13/h4-6,11,13H,3,7-10H2,1-2H3. The highest BCUT2D eigenvalue weighted by Gasteiger charge is 2.23. The fourth-order valence-corrected chi connectivity index (χ4v) is 2.73. The van der Waals surface area contributed by atoms with Crippen molar-refractivity contribution in [1.29, 1.82) is 0 Å². The Morgan fingerprint density at radius 1 is 1.32 bits per heavy atom. The van der Waals surface area contributed by atoms with Gasteiger partial charge in [0.2, 0.25) is 0 Å². The first-order valence-electron chi connectivity index (χ1n) is 6.83. The normalized spacial score (nSPS) is 22.5. The van der Waals surface area contributed by atoms with Gasteiger partial charge >= 0.3 is 0 Å². The Balaban J connectivity index is 2.04. The Labute approximate surface area is 123 Å². The molecule has 1 fully saturated rings. The van der Waals surface area contributed by atoms with E-state index in [2.05, 4.69) is 22.9 Å². The minimum atomic E-state index is 0.202. The topological polar surface area (TPSA) is 27.7 Å². The number of benzene rings is 1. The number of para-hydroxylation sites is 1. The van der Waals surface area contributed by atoms with Crippen LogP contribution in [0, 0.1) is 0 Å². The van der Waals surface area contributed by atoms with Crippen LogP contribution in [0.25, 0.3) is 0 Å². The van der Waals surface area contributed by atoms with Crippen molar-refractivity contribution in [2.45, 2.75) is 44.2 Å². The first-order valence-corrected chi connectivity index (χ1v) is 7.95. The zero-order valence-electron chi connectivity index (χ0n) is 11.5. The summed E-state index contributed by atoms with van der Waals surface area (Å²) in [6, 6.07) is 5.98. The van der Waals surface area contributed by atoms with E-state index in [0.717, 1.165) is 35.2 Å². The molecule has 4 heteroatoms. The Bertz CT molecular complexity index is 408. The van der Waals surface area contributed by atoms with E-state index >= 15 is 0 Å². The minimum Gasteiger partial charge on any atom is -0.490 e. The fraction of sp³-hybridized carbons (Fsp3) is 0.600. The monoisotopic (exact) mass is 328 g/mol. The minimum absolute atomic E-state index is 0.202. The molecular weight excluding hydrogens is 308 g/mol. The van der Waals surface area contributed by atoms with E-state index in [1.807, 2.05) is 25.1 Å². The Morgan fingerprint density at radius 3 is 2.79 bits per heavy atom. The third-order valence-electron chi connectivity index (χ3n) is 3.24. The molecule has 1 aliphatic rings. The van der Waals surface area contributed by atoms with Crippen LogP contribution in [0.5, 0.6) is 11.5 Å². The molecule has 0 N–H and O–H groups in total. The lowest BCUT2D eigenvalue weighted by molar-refractivity contribution is 0.0256. The van der Waals surface area contributed by atoms with Crippen LogP contribution < -0.4 is 9.47 Å². The van der Waals surface area contributed by atoms with Crippen molar-refractivity contribution in [3.8, 4) is 11.5 Å². The van der Waals surface area contributed by atoms with Gasteiger partial charge in [-0.1, -0.05) is 28.1 Å². The molecule has 106 valence electrons. The summed E-state index contributed by atoms with van der Waals surface area (Å²) in [6.45, 7) is 5.32. The molecule has 1 heterocycles. The smallest absolute Gasteiger partial charge is 0.165 e. The van der Waals surface area contributed by atoms with Crippen LogP contribution in [-0.4, -0.2) is 25.4 Å². The second-order valence-corrected chi connectivity index (χ2v) is 5.33. The predicted octanol–water partition coefficient (Wildman–Crippen LogP) is 3.93. The van der Waals surface area contributed by atoms with Crippen LogP contribution >= 0.6 is 15.9 Å². The molecule has 19 heavy (non-hydrogen) atoms. The third-order valence-corrected chi connectivity index (χ3v) is 3.84. The van der Waals surface area contributed by atoms with Gasteiger partial charge in [-0.2, -0.15) is 0 Å². The number of alkyl halides is 1. The second kappa shape index (κ2) is 7.15. The summed E-state index contributed by atoms with van der Waals surface area (Å²) in [4.78, 5) is 0. The van der Waals surface area contributed by atoms with Gasteiger partial charge in [-0.15, -0.1) is 0 Å². The van der Waals surface area contributed by atoms with Crippen molar-refractivity contribution in [3.63, 3.8) is 0 Å². The number of ether oxygens (including phenoxy) is 3. The quantitative estimate of drug-likeness (QED) is 0.740. The van der Waals surface area contributed by atoms with Crippen molar-refractivity contribution < 1.29 is 14.2 Å². The van der Waals surface area contributed by atoms with Gasteiger partial charge in [-0.3, -0.25) is 0 Å². The second-order valence-electron chi connectivity index (χ2n) is 4.77. The van der Waals surface area contributed by atoms with Crippen molar-refractivity contribution in [2.75, 3.05) is 13.2 Å². The van der Waals surface area contributed by atoms with E-state index < -0.39 is 0 Å².